The van der Waals surface area contributed by atoms with Gasteiger partial charge in [0, 0.05) is 17.2 Å². The Morgan fingerprint density at radius 3 is 2.71 bits per heavy atom. The van der Waals surface area contributed by atoms with Crippen LogP contribution in [0, 0.1) is 5.92 Å². The molecule has 144 valence electrons. The smallest absolute Gasteiger partial charge is 0.284 e. The Kier molecular flexibility index (Phi) is 5.10. The number of amides is 2. The number of hydrogen-bond donors (Lipinski definition) is 1. The molecule has 1 aromatic rings. The van der Waals surface area contributed by atoms with Gasteiger partial charge in [0.25, 0.3) is 11.8 Å². The van der Waals surface area contributed by atoms with Crippen molar-refractivity contribution in [3.63, 3.8) is 0 Å². The van der Waals surface area contributed by atoms with E-state index in [-0.39, 0.29) is 24.3 Å². The Bertz CT molecular complexity index is 922. The van der Waals surface area contributed by atoms with Crippen LogP contribution in [0.4, 0.5) is 0 Å². The monoisotopic (exact) mass is 378 g/mol. The summed E-state index contributed by atoms with van der Waals surface area (Å²) >= 11 is 0. The molecular formula is C22H22N2O4. The Balaban J connectivity index is 1.43. The molecule has 1 atom stereocenters. The first-order valence-electron chi connectivity index (χ1n) is 9.45. The molecule has 6 nitrogen and oxygen atoms in total. The molecule has 0 fully saturated rings. The Morgan fingerprint density at radius 1 is 1.18 bits per heavy atom. The highest BCUT2D eigenvalue weighted by Gasteiger charge is 2.33. The number of benzene rings is 1. The number of ether oxygens (including phenoxy) is 2. The van der Waals surface area contributed by atoms with Crippen molar-refractivity contribution in [1.82, 2.24) is 5.32 Å². The van der Waals surface area contributed by atoms with E-state index >= 15 is 0 Å². The van der Waals surface area contributed by atoms with E-state index in [0.29, 0.717) is 11.5 Å². The number of rotatable bonds is 4. The number of fused-ring (bicyclic) bond motifs is 2. The van der Waals surface area contributed by atoms with E-state index in [0.717, 1.165) is 42.7 Å². The van der Waals surface area contributed by atoms with E-state index in [9.17, 15) is 9.59 Å². The molecule has 0 spiro atoms. The maximum Gasteiger partial charge on any atom is 0.284 e. The maximum atomic E-state index is 12.3. The SMILES string of the molecule is COc1ccc(OCC(=O)N=C2C=CC3C(=C2)NC(=O)C2=C3CCCC2)cc1. The number of nitrogens with one attached hydrogen (secondary N) is 1. The van der Waals surface area contributed by atoms with Crippen LogP contribution >= 0.6 is 0 Å². The normalized spacial score (nSPS) is 22.2. The lowest BCUT2D eigenvalue weighted by Crippen LogP contribution is -2.37. The van der Waals surface area contributed by atoms with Crippen molar-refractivity contribution in [2.24, 2.45) is 10.9 Å². The van der Waals surface area contributed by atoms with Crippen LogP contribution < -0.4 is 14.8 Å². The van der Waals surface area contributed by atoms with Crippen LogP contribution in [0.1, 0.15) is 25.7 Å². The predicted octanol–water partition coefficient (Wildman–Crippen LogP) is 3.11. The highest BCUT2D eigenvalue weighted by atomic mass is 16.5. The van der Waals surface area contributed by atoms with Crippen molar-refractivity contribution in [2.75, 3.05) is 13.7 Å². The first-order valence-corrected chi connectivity index (χ1v) is 9.45. The van der Waals surface area contributed by atoms with Crippen molar-refractivity contribution in [3.05, 3.63) is 59.3 Å². The molecule has 0 aromatic heterocycles. The molecule has 1 aliphatic heterocycles. The zero-order chi connectivity index (χ0) is 19.5. The summed E-state index contributed by atoms with van der Waals surface area (Å²) in [7, 11) is 1.59. The standard InChI is InChI=1S/C22H22N2O4/c1-27-15-7-9-16(10-8-15)28-13-21(25)23-14-6-11-18-17-4-2-3-5-19(17)22(26)24-20(18)12-14/h6-12,18H,2-5,13H2,1H3,(H,24,26). The summed E-state index contributed by atoms with van der Waals surface area (Å²) in [6.45, 7) is -0.155. The number of methoxy groups -OCH3 is 1. The van der Waals surface area contributed by atoms with Crippen LogP contribution in [-0.2, 0) is 9.59 Å². The lowest BCUT2D eigenvalue weighted by Gasteiger charge is -2.33. The summed E-state index contributed by atoms with van der Waals surface area (Å²) in [4.78, 5) is 28.6. The summed E-state index contributed by atoms with van der Waals surface area (Å²) in [5.41, 5.74) is 3.47. The third kappa shape index (κ3) is 3.76. The van der Waals surface area contributed by atoms with Gasteiger partial charge in [0.05, 0.1) is 12.8 Å². The fourth-order valence-corrected chi connectivity index (χ4v) is 3.81. The van der Waals surface area contributed by atoms with E-state index < -0.39 is 0 Å². The number of aliphatic imine (C=N–C) groups is 1. The average molecular weight is 378 g/mol. The molecule has 0 bridgehead atoms. The summed E-state index contributed by atoms with van der Waals surface area (Å²) in [5, 5.41) is 2.97. The van der Waals surface area contributed by atoms with E-state index in [1.807, 2.05) is 12.2 Å². The third-order valence-corrected chi connectivity index (χ3v) is 5.19. The molecular weight excluding hydrogens is 356 g/mol. The third-order valence-electron chi connectivity index (χ3n) is 5.19. The zero-order valence-electron chi connectivity index (χ0n) is 15.7. The molecule has 6 heteroatoms. The molecule has 1 unspecified atom stereocenters. The fourth-order valence-electron chi connectivity index (χ4n) is 3.81. The van der Waals surface area contributed by atoms with Crippen molar-refractivity contribution >= 4 is 17.5 Å². The van der Waals surface area contributed by atoms with Crippen LogP contribution in [0.25, 0.3) is 0 Å². The van der Waals surface area contributed by atoms with Crippen LogP contribution in [0.3, 0.4) is 0 Å². The van der Waals surface area contributed by atoms with Gasteiger partial charge in [-0.05, 0) is 67.7 Å². The second-order valence-corrected chi connectivity index (χ2v) is 7.00. The Labute approximate surface area is 163 Å². The van der Waals surface area contributed by atoms with Crippen molar-refractivity contribution in [2.45, 2.75) is 25.7 Å². The van der Waals surface area contributed by atoms with Crippen molar-refractivity contribution in [1.29, 1.82) is 0 Å². The first kappa shape index (κ1) is 18.2. The topological polar surface area (TPSA) is 77.0 Å². The lowest BCUT2D eigenvalue weighted by atomic mass is 9.77. The van der Waals surface area contributed by atoms with Crippen LogP contribution in [0.5, 0.6) is 11.5 Å². The van der Waals surface area contributed by atoms with Gasteiger partial charge in [0.1, 0.15) is 11.5 Å². The van der Waals surface area contributed by atoms with E-state index in [1.165, 1.54) is 5.57 Å². The largest absolute Gasteiger partial charge is 0.497 e. The second kappa shape index (κ2) is 7.84. The van der Waals surface area contributed by atoms with E-state index in [2.05, 4.69) is 10.3 Å². The minimum absolute atomic E-state index is 0.0129. The molecule has 0 radical (unpaired) electrons. The molecule has 0 saturated carbocycles. The van der Waals surface area contributed by atoms with Gasteiger partial charge >= 0.3 is 0 Å². The number of nitrogens with zero attached hydrogens (tertiary/aromatic N) is 1. The number of carbonyl (C=O) groups is 2. The molecule has 2 aliphatic carbocycles. The van der Waals surface area contributed by atoms with Crippen LogP contribution in [0.2, 0.25) is 0 Å². The lowest BCUT2D eigenvalue weighted by molar-refractivity contribution is -0.119. The molecule has 1 aromatic carbocycles. The predicted molar refractivity (Wildman–Crippen MR) is 105 cm³/mol. The first-order chi connectivity index (χ1) is 13.6. The van der Waals surface area contributed by atoms with Gasteiger partial charge in [-0.2, -0.15) is 0 Å². The molecule has 28 heavy (non-hydrogen) atoms. The molecule has 3 aliphatic rings. The Hall–Kier alpha value is -3.15. The highest BCUT2D eigenvalue weighted by molar-refractivity contribution is 6.11. The fraction of sp³-hybridized carbons (Fsp3) is 0.318. The Morgan fingerprint density at radius 2 is 1.93 bits per heavy atom. The molecule has 0 saturated heterocycles. The molecule has 1 N–H and O–H groups in total. The van der Waals surface area contributed by atoms with Crippen molar-refractivity contribution in [3.8, 4) is 11.5 Å². The van der Waals surface area contributed by atoms with E-state index in [4.69, 9.17) is 9.47 Å². The number of allylic oxidation sites excluding steroid dienone is 3. The number of carbonyl (C=O) groups excluding carboxylic acids is 2. The minimum atomic E-state index is -0.384. The van der Waals surface area contributed by atoms with Crippen molar-refractivity contribution < 1.29 is 19.1 Å². The molecule has 2 amide bonds. The summed E-state index contributed by atoms with van der Waals surface area (Å²) in [6.07, 6.45) is 9.63. The average Bonchev–Trinajstić information content (AvgIpc) is 2.73. The zero-order valence-corrected chi connectivity index (χ0v) is 15.7. The molecule has 4 rings (SSSR count). The van der Waals surface area contributed by atoms with Gasteiger partial charge in [-0.1, -0.05) is 6.08 Å². The maximum absolute atomic E-state index is 12.3. The summed E-state index contributed by atoms with van der Waals surface area (Å²) in [5.74, 6) is 0.991. The van der Waals surface area contributed by atoms with Gasteiger partial charge in [-0.15, -0.1) is 0 Å². The minimum Gasteiger partial charge on any atom is -0.497 e. The number of hydrogen-bond acceptors (Lipinski definition) is 4. The van der Waals surface area contributed by atoms with Gasteiger partial charge in [0.2, 0.25) is 0 Å². The highest BCUT2D eigenvalue weighted by Crippen LogP contribution is 2.38. The van der Waals surface area contributed by atoms with Gasteiger partial charge in [-0.3, -0.25) is 9.59 Å². The van der Waals surface area contributed by atoms with E-state index in [1.54, 1.807) is 37.5 Å². The quantitative estimate of drug-likeness (QED) is 0.873. The summed E-state index contributed by atoms with van der Waals surface area (Å²) in [6, 6.07) is 7.00. The van der Waals surface area contributed by atoms with Gasteiger partial charge in [0.15, 0.2) is 6.61 Å². The summed E-state index contributed by atoms with van der Waals surface area (Å²) < 4.78 is 10.6. The van der Waals surface area contributed by atoms with Gasteiger partial charge < -0.3 is 14.8 Å². The van der Waals surface area contributed by atoms with Crippen LogP contribution in [-0.4, -0.2) is 31.2 Å². The molecule has 1 heterocycles. The van der Waals surface area contributed by atoms with Gasteiger partial charge in [-0.25, -0.2) is 4.99 Å². The van der Waals surface area contributed by atoms with Crippen LogP contribution in [0.15, 0.2) is 64.3 Å². The second-order valence-electron chi connectivity index (χ2n) is 7.00.